The van der Waals surface area contributed by atoms with Gasteiger partial charge in [0, 0.05) is 29.0 Å². The van der Waals surface area contributed by atoms with Crippen molar-refractivity contribution in [2.75, 3.05) is 0 Å². The van der Waals surface area contributed by atoms with Crippen LogP contribution in [0.2, 0.25) is 0 Å². The summed E-state index contributed by atoms with van der Waals surface area (Å²) < 4.78 is 1.68. The van der Waals surface area contributed by atoms with Crippen LogP contribution >= 0.6 is 0 Å². The molecule has 6 heteroatoms. The highest BCUT2D eigenvalue weighted by Gasteiger charge is 2.17. The molecule has 0 saturated heterocycles. The van der Waals surface area contributed by atoms with Crippen LogP contribution < -0.4 is 5.32 Å². The van der Waals surface area contributed by atoms with Crippen molar-refractivity contribution < 1.29 is 4.79 Å². The molecule has 2 N–H and O–H groups in total. The van der Waals surface area contributed by atoms with Gasteiger partial charge in [-0.1, -0.05) is 24.3 Å². The van der Waals surface area contributed by atoms with Gasteiger partial charge in [0.25, 0.3) is 5.91 Å². The van der Waals surface area contributed by atoms with Crippen LogP contribution in [0.15, 0.2) is 73.2 Å². The lowest BCUT2D eigenvalue weighted by Gasteiger charge is -2.10. The highest BCUT2D eigenvalue weighted by molar-refractivity contribution is 5.98. The zero-order valence-corrected chi connectivity index (χ0v) is 13.8. The standard InChI is InChI=1S/C20H15N5O/c21-11-19(16-12-23-25(13-16)17-4-2-1-3-5-17)24-20(26)15-7-6-14-8-9-22-18(14)10-15/h1-10,12-13,19,22H,(H,24,26). The number of aromatic amines is 1. The van der Waals surface area contributed by atoms with Gasteiger partial charge < -0.3 is 10.3 Å². The first-order valence-electron chi connectivity index (χ1n) is 8.12. The molecule has 0 fully saturated rings. The lowest BCUT2D eigenvalue weighted by molar-refractivity contribution is 0.0945. The molecule has 0 aliphatic rings. The van der Waals surface area contributed by atoms with Crippen molar-refractivity contribution in [1.82, 2.24) is 20.1 Å². The predicted molar refractivity (Wildman–Crippen MR) is 97.7 cm³/mol. The van der Waals surface area contributed by atoms with E-state index in [2.05, 4.69) is 21.5 Å². The summed E-state index contributed by atoms with van der Waals surface area (Å²) in [4.78, 5) is 15.6. The molecule has 4 aromatic rings. The number of nitrogens with one attached hydrogen (secondary N) is 2. The van der Waals surface area contributed by atoms with Crippen molar-refractivity contribution in [3.05, 3.63) is 84.3 Å². The molecule has 0 aliphatic carbocycles. The highest BCUT2D eigenvalue weighted by atomic mass is 16.1. The molecule has 0 saturated carbocycles. The number of aromatic nitrogens is 3. The minimum absolute atomic E-state index is 0.305. The minimum Gasteiger partial charge on any atom is -0.361 e. The van der Waals surface area contributed by atoms with Gasteiger partial charge in [-0.3, -0.25) is 4.79 Å². The summed E-state index contributed by atoms with van der Waals surface area (Å²) in [6.45, 7) is 0. The molecule has 1 amide bonds. The molecule has 1 unspecified atom stereocenters. The number of amides is 1. The van der Waals surface area contributed by atoms with Crippen molar-refractivity contribution in [1.29, 1.82) is 5.26 Å². The number of H-pyrrole nitrogens is 1. The lowest BCUT2D eigenvalue weighted by Crippen LogP contribution is -2.27. The van der Waals surface area contributed by atoms with Gasteiger partial charge in [-0.15, -0.1) is 0 Å². The molecule has 2 heterocycles. The molecule has 0 radical (unpaired) electrons. The number of nitriles is 1. The van der Waals surface area contributed by atoms with Crippen molar-refractivity contribution in [3.63, 3.8) is 0 Å². The van der Waals surface area contributed by atoms with Gasteiger partial charge in [-0.2, -0.15) is 10.4 Å². The van der Waals surface area contributed by atoms with Gasteiger partial charge in [-0.25, -0.2) is 4.68 Å². The Kier molecular flexibility index (Phi) is 3.96. The number of benzene rings is 2. The fourth-order valence-corrected chi connectivity index (χ4v) is 2.80. The molecule has 0 aliphatic heterocycles. The largest absolute Gasteiger partial charge is 0.361 e. The number of rotatable bonds is 4. The van der Waals surface area contributed by atoms with E-state index in [1.165, 1.54) is 0 Å². The maximum absolute atomic E-state index is 12.5. The summed E-state index contributed by atoms with van der Waals surface area (Å²) in [5, 5.41) is 17.5. The van der Waals surface area contributed by atoms with Crippen LogP contribution in [0.4, 0.5) is 0 Å². The summed E-state index contributed by atoms with van der Waals surface area (Å²) in [5.74, 6) is -0.305. The molecule has 2 aromatic heterocycles. The first-order chi connectivity index (χ1) is 12.7. The maximum Gasteiger partial charge on any atom is 0.252 e. The summed E-state index contributed by atoms with van der Waals surface area (Å²) in [7, 11) is 0. The van der Waals surface area contributed by atoms with E-state index in [-0.39, 0.29) is 5.91 Å². The highest BCUT2D eigenvalue weighted by Crippen LogP contribution is 2.17. The molecule has 4 rings (SSSR count). The molecule has 1 atom stereocenters. The van der Waals surface area contributed by atoms with E-state index in [0.717, 1.165) is 16.6 Å². The summed E-state index contributed by atoms with van der Waals surface area (Å²) >= 11 is 0. The van der Waals surface area contributed by atoms with Crippen molar-refractivity contribution in [2.24, 2.45) is 0 Å². The van der Waals surface area contributed by atoms with Crippen molar-refractivity contribution in [2.45, 2.75) is 6.04 Å². The van der Waals surface area contributed by atoms with E-state index in [1.807, 2.05) is 48.7 Å². The van der Waals surface area contributed by atoms with Crippen LogP contribution in [-0.2, 0) is 0 Å². The van der Waals surface area contributed by atoms with Crippen molar-refractivity contribution >= 4 is 16.8 Å². The third kappa shape index (κ3) is 2.94. The average Bonchev–Trinajstić information content (AvgIpc) is 3.35. The summed E-state index contributed by atoms with van der Waals surface area (Å²) in [6.07, 6.45) is 5.16. The number of nitrogens with zero attached hydrogens (tertiary/aromatic N) is 3. The van der Waals surface area contributed by atoms with Gasteiger partial charge in [0.1, 0.15) is 6.04 Å². The quantitative estimate of drug-likeness (QED) is 0.597. The number of fused-ring (bicyclic) bond motifs is 1. The second-order valence-electron chi connectivity index (χ2n) is 5.87. The first-order valence-corrected chi connectivity index (χ1v) is 8.12. The number of carbonyl (C=O) groups is 1. The monoisotopic (exact) mass is 341 g/mol. The fourth-order valence-electron chi connectivity index (χ4n) is 2.80. The fraction of sp³-hybridized carbons (Fsp3) is 0.0500. The SMILES string of the molecule is N#CC(NC(=O)c1ccc2cc[nH]c2c1)c1cnn(-c2ccccc2)c1. The Morgan fingerprint density at radius 3 is 2.85 bits per heavy atom. The van der Waals surface area contributed by atoms with Gasteiger partial charge in [0.15, 0.2) is 0 Å². The van der Waals surface area contributed by atoms with Crippen LogP contribution in [0, 0.1) is 11.3 Å². The molecular weight excluding hydrogens is 326 g/mol. The van der Waals surface area contributed by atoms with Crippen LogP contribution in [0.5, 0.6) is 0 Å². The Hall–Kier alpha value is -3.85. The molecular formula is C20H15N5O. The summed E-state index contributed by atoms with van der Waals surface area (Å²) in [6, 6.07) is 18.3. The zero-order chi connectivity index (χ0) is 17.9. The molecule has 26 heavy (non-hydrogen) atoms. The molecule has 0 spiro atoms. The van der Waals surface area contributed by atoms with Gasteiger partial charge in [0.05, 0.1) is 18.0 Å². The second kappa shape index (κ2) is 6.57. The van der Waals surface area contributed by atoms with Crippen LogP contribution in [0.25, 0.3) is 16.6 Å². The summed E-state index contributed by atoms with van der Waals surface area (Å²) in [5.41, 5.74) is 2.89. The normalized spacial score (nSPS) is 11.8. The van der Waals surface area contributed by atoms with Gasteiger partial charge >= 0.3 is 0 Å². The third-order valence-electron chi connectivity index (χ3n) is 4.18. The Labute approximate surface area is 149 Å². The minimum atomic E-state index is -0.778. The van der Waals surface area contributed by atoms with E-state index in [9.17, 15) is 10.1 Å². The number of para-hydroxylation sites is 1. The Bertz CT molecular complexity index is 1100. The molecule has 2 aromatic carbocycles. The molecule has 126 valence electrons. The van der Waals surface area contributed by atoms with E-state index in [4.69, 9.17) is 0 Å². The Balaban J connectivity index is 1.55. The van der Waals surface area contributed by atoms with Crippen LogP contribution in [0.3, 0.4) is 0 Å². The van der Waals surface area contributed by atoms with Crippen LogP contribution in [0.1, 0.15) is 22.0 Å². The Morgan fingerprint density at radius 1 is 1.19 bits per heavy atom. The topological polar surface area (TPSA) is 86.5 Å². The van der Waals surface area contributed by atoms with E-state index >= 15 is 0 Å². The molecule has 0 bridgehead atoms. The number of hydrogen-bond donors (Lipinski definition) is 2. The number of carbonyl (C=O) groups excluding carboxylic acids is 1. The van der Waals surface area contributed by atoms with E-state index in [1.54, 1.807) is 29.2 Å². The average molecular weight is 341 g/mol. The first kappa shape index (κ1) is 15.7. The van der Waals surface area contributed by atoms with E-state index in [0.29, 0.717) is 11.1 Å². The zero-order valence-electron chi connectivity index (χ0n) is 13.8. The third-order valence-corrected chi connectivity index (χ3v) is 4.18. The maximum atomic E-state index is 12.5. The van der Waals surface area contributed by atoms with Gasteiger partial charge in [0.2, 0.25) is 0 Å². The predicted octanol–water partition coefficient (Wildman–Crippen LogP) is 3.35. The number of hydrogen-bond acceptors (Lipinski definition) is 3. The van der Waals surface area contributed by atoms with Crippen LogP contribution in [-0.4, -0.2) is 20.7 Å². The lowest BCUT2D eigenvalue weighted by atomic mass is 10.1. The molecule has 6 nitrogen and oxygen atoms in total. The smallest absolute Gasteiger partial charge is 0.252 e. The second-order valence-corrected chi connectivity index (χ2v) is 5.87. The van der Waals surface area contributed by atoms with E-state index < -0.39 is 6.04 Å². The van der Waals surface area contributed by atoms with Gasteiger partial charge in [-0.05, 0) is 35.7 Å². The van der Waals surface area contributed by atoms with Crippen molar-refractivity contribution in [3.8, 4) is 11.8 Å². The Morgan fingerprint density at radius 2 is 2.04 bits per heavy atom.